The quantitative estimate of drug-likeness (QED) is 0.405. The van der Waals surface area contributed by atoms with Gasteiger partial charge in [0.15, 0.2) is 5.91 Å². The summed E-state index contributed by atoms with van der Waals surface area (Å²) in [6.45, 7) is 0.739. The van der Waals surface area contributed by atoms with E-state index in [9.17, 15) is 4.79 Å². The average Bonchev–Trinajstić information content (AvgIpc) is 1.98. The maximum atomic E-state index is 10.7. The summed E-state index contributed by atoms with van der Waals surface area (Å²) in [6, 6.07) is 0. The van der Waals surface area contributed by atoms with E-state index in [1.807, 2.05) is 0 Å². The second-order valence-electron chi connectivity index (χ2n) is 2.27. The fourth-order valence-corrected chi connectivity index (χ4v) is 0.982. The van der Waals surface area contributed by atoms with E-state index in [2.05, 4.69) is 4.30 Å². The molecule has 0 unspecified atom stereocenters. The van der Waals surface area contributed by atoms with Gasteiger partial charge in [0.25, 0.3) is 0 Å². The van der Waals surface area contributed by atoms with Crippen LogP contribution in [-0.2, 0) is 4.79 Å². The van der Waals surface area contributed by atoms with Crippen molar-refractivity contribution < 1.29 is 4.79 Å². The van der Waals surface area contributed by atoms with Crippen LogP contribution in [0.5, 0.6) is 0 Å². The minimum Gasteiger partial charge on any atom is -0.453 e. The van der Waals surface area contributed by atoms with Gasteiger partial charge in [-0.05, 0) is 19.4 Å². The summed E-state index contributed by atoms with van der Waals surface area (Å²) >= 11 is 0.768. The maximum absolute atomic E-state index is 10.7. The monoisotopic (exact) mass is 158 g/mol. The second-order valence-corrected chi connectivity index (χ2v) is 2.77. The normalized spacial score (nSPS) is 9.30. The van der Waals surface area contributed by atoms with Gasteiger partial charge in [0.05, 0.1) is 0 Å². The largest absolute Gasteiger partial charge is 0.453 e. The molecule has 0 aromatic heterocycles. The number of rotatable bonds is 5. The molecule has 0 aliphatic rings. The summed E-state index contributed by atoms with van der Waals surface area (Å²) in [5.41, 5.74) is 5.28. The van der Waals surface area contributed by atoms with E-state index >= 15 is 0 Å². The number of nitrogens with one attached hydrogen (secondary N) is 1. The Labute approximate surface area is 70.0 Å². The lowest BCUT2D eigenvalue weighted by atomic mass is 10.2. The molecule has 0 aromatic carbocycles. The van der Waals surface area contributed by atoms with Gasteiger partial charge in [-0.25, -0.2) is 0 Å². The molecule has 0 aromatic rings. The van der Waals surface area contributed by atoms with Crippen LogP contribution in [0.1, 0.15) is 25.7 Å². The number of amides is 1. The summed E-state index contributed by atoms with van der Waals surface area (Å²) in [5, 5.41) is 0. The van der Waals surface area contributed by atoms with Gasteiger partial charge in [0.1, 0.15) is 0 Å². The third kappa shape index (κ3) is 6.09. The Morgan fingerprint density at radius 2 is 2.10 bits per heavy atom. The molecule has 0 saturated carbocycles. The van der Waals surface area contributed by atoms with Crippen LogP contribution < -0.4 is 10.0 Å². The lowest BCUT2D eigenvalue weighted by molar-refractivity contribution is -0.119. The molecular weight excluding hydrogens is 143 g/mol. The molecule has 58 valence electrons. The van der Waals surface area contributed by atoms with E-state index < -0.39 is 0 Å². The van der Waals surface area contributed by atoms with E-state index in [1.54, 1.807) is 0 Å². The zero-order valence-electron chi connectivity index (χ0n) is 6.52. The minimum absolute atomic E-state index is 0.184. The molecule has 1 amide bonds. The van der Waals surface area contributed by atoms with E-state index in [4.69, 9.17) is 5.73 Å². The molecule has 0 heterocycles. The zero-order chi connectivity index (χ0) is 7.82. The van der Waals surface area contributed by atoms with Crippen LogP contribution in [0.3, 0.4) is 0 Å². The van der Waals surface area contributed by atoms with Crippen molar-refractivity contribution in [3.63, 3.8) is 0 Å². The first-order chi connectivity index (χ1) is 4.81. The third-order valence-corrected chi connectivity index (χ3v) is 1.94. The van der Waals surface area contributed by atoms with Gasteiger partial charge in [-0.3, -0.25) is 4.79 Å². The molecule has 0 atom stereocenters. The van der Waals surface area contributed by atoms with Crippen LogP contribution >= 0.6 is 0 Å². The zero-order valence-corrected chi connectivity index (χ0v) is 8.52. The van der Waals surface area contributed by atoms with Gasteiger partial charge in [0, 0.05) is 6.42 Å². The fourth-order valence-electron chi connectivity index (χ4n) is 0.732. The maximum Gasteiger partial charge on any atom is 0.364 e. The molecule has 4 heteroatoms. The van der Waals surface area contributed by atoms with Crippen molar-refractivity contribution >= 4 is 22.4 Å². The van der Waals surface area contributed by atoms with Gasteiger partial charge in [0.2, 0.25) is 0 Å². The molecule has 0 bridgehead atoms. The van der Waals surface area contributed by atoms with E-state index in [0.717, 1.165) is 42.3 Å². The van der Waals surface area contributed by atoms with Crippen LogP contribution in [0.2, 0.25) is 0 Å². The molecule has 10 heavy (non-hydrogen) atoms. The molecule has 0 aliphatic carbocycles. The first-order valence-electron chi connectivity index (χ1n) is 3.72. The molecule has 3 nitrogen and oxygen atoms in total. The summed E-state index contributed by atoms with van der Waals surface area (Å²) < 4.78 is 2.71. The molecule has 0 spiro atoms. The van der Waals surface area contributed by atoms with Gasteiger partial charge < -0.3 is 10.0 Å². The van der Waals surface area contributed by atoms with Crippen LogP contribution in [0.4, 0.5) is 0 Å². The number of carbonyl (C=O) groups excluding carboxylic acids is 1. The number of hydrogen-bond acceptors (Lipinski definition) is 2. The van der Waals surface area contributed by atoms with E-state index in [-0.39, 0.29) is 5.91 Å². The lowest BCUT2D eigenvalue weighted by Crippen LogP contribution is -2.18. The van der Waals surface area contributed by atoms with Gasteiger partial charge in [-0.2, -0.15) is 0 Å². The van der Waals surface area contributed by atoms with Crippen molar-refractivity contribution in [2.24, 2.45) is 5.73 Å². The van der Waals surface area contributed by atoms with Gasteiger partial charge >= 0.3 is 16.5 Å². The molecule has 0 saturated heterocycles. The van der Waals surface area contributed by atoms with Gasteiger partial charge in [-0.15, -0.1) is 0 Å². The Hall–Kier alpha value is -0.0375. The van der Waals surface area contributed by atoms with Crippen LogP contribution in [0, 0.1) is 0 Å². The fraction of sp³-hybridized carbons (Fsp3) is 0.833. The van der Waals surface area contributed by atoms with Crippen molar-refractivity contribution in [2.75, 3.05) is 6.54 Å². The predicted molar refractivity (Wildman–Crippen MR) is 44.2 cm³/mol. The average molecular weight is 158 g/mol. The standard InChI is InChI=1S/C6H14N2O.Al.2H/c7-5-3-1-2-4-6(8)9;;;/h1-5,7H2,(H2,8,9);;;/q;+1;;/p-1. The summed E-state index contributed by atoms with van der Waals surface area (Å²) in [5.74, 6) is 0.184. The number of unbranched alkanes of at least 4 members (excludes halogenated alkanes) is 2. The highest BCUT2D eigenvalue weighted by Gasteiger charge is 1.94. The van der Waals surface area contributed by atoms with Crippen molar-refractivity contribution in [1.29, 1.82) is 0 Å². The minimum atomic E-state index is 0.184. The van der Waals surface area contributed by atoms with E-state index in [0.29, 0.717) is 6.42 Å². The molecular formula is C6H15AlN2O. The third-order valence-electron chi connectivity index (χ3n) is 1.39. The highest BCUT2D eigenvalue weighted by molar-refractivity contribution is 6.14. The topological polar surface area (TPSA) is 55.1 Å². The molecule has 0 radical (unpaired) electrons. The van der Waals surface area contributed by atoms with Crippen molar-refractivity contribution in [3.05, 3.63) is 0 Å². The SMILES string of the molecule is NCCCCCC(=O)[NH][AlH2]. The Morgan fingerprint density at radius 1 is 1.40 bits per heavy atom. The van der Waals surface area contributed by atoms with Crippen LogP contribution in [0.25, 0.3) is 0 Å². The van der Waals surface area contributed by atoms with Crippen molar-refractivity contribution in [1.82, 2.24) is 4.30 Å². The summed E-state index contributed by atoms with van der Waals surface area (Å²) in [7, 11) is 0. The Kier molecular flexibility index (Phi) is 7.05. The summed E-state index contributed by atoms with van der Waals surface area (Å²) in [4.78, 5) is 10.7. The lowest BCUT2D eigenvalue weighted by Gasteiger charge is -1.98. The summed E-state index contributed by atoms with van der Waals surface area (Å²) in [6.07, 6.45) is 3.76. The molecule has 0 aliphatic heterocycles. The predicted octanol–water partition coefficient (Wildman–Crippen LogP) is -0.830. The van der Waals surface area contributed by atoms with E-state index in [1.165, 1.54) is 0 Å². The van der Waals surface area contributed by atoms with Crippen molar-refractivity contribution in [3.8, 4) is 0 Å². The van der Waals surface area contributed by atoms with Crippen LogP contribution in [0.15, 0.2) is 0 Å². The smallest absolute Gasteiger partial charge is 0.364 e. The molecule has 0 fully saturated rings. The number of hydrogen-bond donors (Lipinski definition) is 2. The Balaban J connectivity index is 2.96. The first kappa shape index (κ1) is 9.96. The first-order valence-corrected chi connectivity index (χ1v) is 4.72. The Morgan fingerprint density at radius 3 is 2.60 bits per heavy atom. The molecule has 3 N–H and O–H groups in total. The molecule has 0 rings (SSSR count). The second kappa shape index (κ2) is 7.07. The van der Waals surface area contributed by atoms with Gasteiger partial charge in [-0.1, -0.05) is 6.42 Å². The van der Waals surface area contributed by atoms with Crippen LogP contribution in [-0.4, -0.2) is 29.0 Å². The van der Waals surface area contributed by atoms with Crippen molar-refractivity contribution in [2.45, 2.75) is 25.7 Å². The highest BCUT2D eigenvalue weighted by Crippen LogP contribution is 1.97. The highest BCUT2D eigenvalue weighted by atomic mass is 27.1. The Bertz CT molecular complexity index is 97.7. The number of carbonyl (C=O) groups is 1. The number of nitrogens with two attached hydrogens (primary N) is 1.